The van der Waals surface area contributed by atoms with Crippen molar-refractivity contribution in [3.05, 3.63) is 0 Å². The Labute approximate surface area is 140 Å². The van der Waals surface area contributed by atoms with Crippen LogP contribution in [-0.2, 0) is 24.0 Å². The van der Waals surface area contributed by atoms with Crippen LogP contribution in [0.3, 0.4) is 0 Å². The van der Waals surface area contributed by atoms with Gasteiger partial charge in [0.25, 0.3) is 11.8 Å². The first-order chi connectivity index (χ1) is 11.5. The second-order valence-corrected chi connectivity index (χ2v) is 5.46. The van der Waals surface area contributed by atoms with Crippen LogP contribution in [-0.4, -0.2) is 48.1 Å². The number of nitrogens with zero attached hydrogens (tertiary/aromatic N) is 1. The van der Waals surface area contributed by atoms with Crippen LogP contribution in [0.15, 0.2) is 0 Å². The normalized spacial score (nSPS) is 15.3. The lowest BCUT2D eigenvalue weighted by molar-refractivity contribution is -0.199. The van der Waals surface area contributed by atoms with Crippen LogP contribution in [0.25, 0.3) is 0 Å². The number of ether oxygens (including phenoxy) is 1. The third-order valence-corrected chi connectivity index (χ3v) is 3.44. The maximum Gasteiger partial charge on any atom is 0.407 e. The molecule has 9 heteroatoms. The van der Waals surface area contributed by atoms with Crippen molar-refractivity contribution in [2.24, 2.45) is 5.73 Å². The molecule has 0 aromatic carbocycles. The van der Waals surface area contributed by atoms with Gasteiger partial charge >= 0.3 is 12.1 Å². The topological polar surface area (TPSA) is 128 Å². The molecule has 0 aromatic rings. The molecule has 0 aromatic heterocycles. The van der Waals surface area contributed by atoms with Crippen molar-refractivity contribution in [2.45, 2.75) is 57.9 Å². The lowest BCUT2D eigenvalue weighted by Gasteiger charge is -2.20. The number of unbranched alkanes of at least 4 members (excludes halogenated alkanes) is 2. The molecule has 24 heavy (non-hydrogen) atoms. The largest absolute Gasteiger partial charge is 0.450 e. The van der Waals surface area contributed by atoms with E-state index < -0.39 is 29.9 Å². The number of nitrogens with one attached hydrogen (secondary N) is 1. The molecule has 1 aliphatic heterocycles. The Morgan fingerprint density at radius 3 is 2.46 bits per heavy atom. The monoisotopic (exact) mass is 343 g/mol. The van der Waals surface area contributed by atoms with Crippen LogP contribution in [0.2, 0.25) is 0 Å². The Bertz CT molecular complexity index is 452. The van der Waals surface area contributed by atoms with Crippen LogP contribution in [0.1, 0.15) is 51.9 Å². The fourth-order valence-electron chi connectivity index (χ4n) is 2.05. The summed E-state index contributed by atoms with van der Waals surface area (Å²) in [5.74, 6) is -2.01. The third-order valence-electron chi connectivity index (χ3n) is 3.44. The number of hydrogen-bond donors (Lipinski definition) is 2. The van der Waals surface area contributed by atoms with Gasteiger partial charge in [-0.2, -0.15) is 0 Å². The molecule has 0 unspecified atom stereocenters. The number of carbonyl (C=O) groups excluding carboxylic acids is 4. The lowest BCUT2D eigenvalue weighted by Crippen LogP contribution is -2.45. The zero-order chi connectivity index (χ0) is 17.9. The molecule has 3 amide bonds. The number of rotatable bonds is 10. The molecule has 0 aliphatic carbocycles. The quantitative estimate of drug-likeness (QED) is 0.439. The molecule has 3 N–H and O–H groups in total. The van der Waals surface area contributed by atoms with Crippen LogP contribution < -0.4 is 11.1 Å². The summed E-state index contributed by atoms with van der Waals surface area (Å²) in [5.41, 5.74) is 5.42. The highest BCUT2D eigenvalue weighted by atomic mass is 16.7. The van der Waals surface area contributed by atoms with Crippen LogP contribution in [0, 0.1) is 0 Å². The summed E-state index contributed by atoms with van der Waals surface area (Å²) in [7, 11) is 0. The smallest absolute Gasteiger partial charge is 0.407 e. The summed E-state index contributed by atoms with van der Waals surface area (Å²) in [6.07, 6.45) is 2.38. The Balaban J connectivity index is 2.58. The van der Waals surface area contributed by atoms with Gasteiger partial charge in [-0.25, -0.2) is 9.59 Å². The Kier molecular flexibility index (Phi) is 8.77. The Morgan fingerprint density at radius 1 is 1.21 bits per heavy atom. The van der Waals surface area contributed by atoms with Crippen molar-refractivity contribution in [1.82, 2.24) is 10.4 Å². The number of alkyl carbamates (subject to hydrolysis) is 1. The third kappa shape index (κ3) is 6.53. The molecule has 9 nitrogen and oxygen atoms in total. The molecule has 136 valence electrons. The highest BCUT2D eigenvalue weighted by Crippen LogP contribution is 2.14. The summed E-state index contributed by atoms with van der Waals surface area (Å²) in [4.78, 5) is 51.7. The average molecular weight is 343 g/mol. The molecule has 1 saturated heterocycles. The summed E-state index contributed by atoms with van der Waals surface area (Å²) in [5, 5.41) is 2.87. The fraction of sp³-hybridized carbons (Fsp3) is 0.733. The van der Waals surface area contributed by atoms with Gasteiger partial charge in [0.05, 0.1) is 6.61 Å². The number of amides is 3. The van der Waals surface area contributed by atoms with Gasteiger partial charge in [-0.15, -0.1) is 5.06 Å². The summed E-state index contributed by atoms with van der Waals surface area (Å²) < 4.78 is 4.95. The molecule has 1 fully saturated rings. The van der Waals surface area contributed by atoms with Gasteiger partial charge in [-0.3, -0.25) is 9.59 Å². The molecule has 0 bridgehead atoms. The van der Waals surface area contributed by atoms with Crippen LogP contribution in [0.5, 0.6) is 0 Å². The first kappa shape index (κ1) is 19.9. The van der Waals surface area contributed by atoms with E-state index in [0.29, 0.717) is 30.9 Å². The van der Waals surface area contributed by atoms with E-state index in [2.05, 4.69) is 5.32 Å². The lowest BCUT2D eigenvalue weighted by atomic mass is 10.1. The Hall–Kier alpha value is -2.16. The van der Waals surface area contributed by atoms with E-state index in [1.54, 1.807) is 0 Å². The Morgan fingerprint density at radius 2 is 1.88 bits per heavy atom. The predicted molar refractivity (Wildman–Crippen MR) is 83.3 cm³/mol. The second-order valence-electron chi connectivity index (χ2n) is 5.46. The standard InChI is InChI=1S/C15H25N3O6/c1-2-3-10-23-15(22)17-11(6-4-5-9-16)14(21)24-18-12(19)7-8-13(18)20/h11H,2-10,16H2,1H3,(H,17,22)/t11-/m0/s1. The van der Waals surface area contributed by atoms with E-state index >= 15 is 0 Å². The second kappa shape index (κ2) is 10.6. The molecule has 0 saturated carbocycles. The van der Waals surface area contributed by atoms with Crippen molar-refractivity contribution in [3.8, 4) is 0 Å². The predicted octanol–water partition coefficient (Wildman–Crippen LogP) is 0.618. The summed E-state index contributed by atoms with van der Waals surface area (Å²) in [6, 6.07) is -1.01. The van der Waals surface area contributed by atoms with E-state index in [0.717, 1.165) is 6.42 Å². The number of nitrogens with two attached hydrogens (primary N) is 1. The van der Waals surface area contributed by atoms with Gasteiger partial charge in [0.15, 0.2) is 0 Å². The van der Waals surface area contributed by atoms with Gasteiger partial charge in [0.1, 0.15) is 6.04 Å². The van der Waals surface area contributed by atoms with E-state index in [4.69, 9.17) is 15.3 Å². The van der Waals surface area contributed by atoms with E-state index in [9.17, 15) is 19.2 Å². The number of hydrogen-bond acceptors (Lipinski definition) is 7. The van der Waals surface area contributed by atoms with Gasteiger partial charge in [0, 0.05) is 12.8 Å². The first-order valence-electron chi connectivity index (χ1n) is 8.20. The van der Waals surface area contributed by atoms with Crippen molar-refractivity contribution < 1.29 is 28.8 Å². The van der Waals surface area contributed by atoms with Crippen LogP contribution >= 0.6 is 0 Å². The summed E-state index contributed by atoms with van der Waals surface area (Å²) in [6.45, 7) is 2.65. The first-order valence-corrected chi connectivity index (χ1v) is 8.20. The molecule has 0 spiro atoms. The van der Waals surface area contributed by atoms with Gasteiger partial charge < -0.3 is 20.6 Å². The van der Waals surface area contributed by atoms with Gasteiger partial charge in [-0.05, 0) is 32.2 Å². The minimum absolute atomic E-state index is 0.0104. The molecule has 1 rings (SSSR count). The fourth-order valence-corrected chi connectivity index (χ4v) is 2.05. The molecule has 1 aliphatic rings. The zero-order valence-corrected chi connectivity index (χ0v) is 13.9. The molecular weight excluding hydrogens is 318 g/mol. The molecule has 1 heterocycles. The number of hydroxylamine groups is 2. The van der Waals surface area contributed by atoms with Gasteiger partial charge in [-0.1, -0.05) is 13.3 Å². The average Bonchev–Trinajstić information content (AvgIpc) is 2.86. The van der Waals surface area contributed by atoms with Crippen molar-refractivity contribution in [3.63, 3.8) is 0 Å². The van der Waals surface area contributed by atoms with Crippen molar-refractivity contribution in [2.75, 3.05) is 13.2 Å². The number of carbonyl (C=O) groups is 4. The minimum atomic E-state index is -1.01. The van der Waals surface area contributed by atoms with E-state index in [1.165, 1.54) is 0 Å². The van der Waals surface area contributed by atoms with E-state index in [1.807, 2.05) is 6.92 Å². The summed E-state index contributed by atoms with van der Waals surface area (Å²) >= 11 is 0. The van der Waals surface area contributed by atoms with Crippen molar-refractivity contribution >= 4 is 23.9 Å². The van der Waals surface area contributed by atoms with Crippen LogP contribution in [0.4, 0.5) is 4.79 Å². The maximum atomic E-state index is 12.2. The van der Waals surface area contributed by atoms with Crippen molar-refractivity contribution in [1.29, 1.82) is 0 Å². The molecule has 0 radical (unpaired) electrons. The van der Waals surface area contributed by atoms with E-state index in [-0.39, 0.29) is 25.9 Å². The highest BCUT2D eigenvalue weighted by Gasteiger charge is 2.35. The number of imide groups is 1. The molecule has 1 atom stereocenters. The SMILES string of the molecule is CCCCOC(=O)N[C@@H](CCCCN)C(=O)ON1C(=O)CCC1=O. The maximum absolute atomic E-state index is 12.2. The minimum Gasteiger partial charge on any atom is -0.450 e. The van der Waals surface area contributed by atoms with Gasteiger partial charge in [0.2, 0.25) is 0 Å². The zero-order valence-electron chi connectivity index (χ0n) is 13.9. The highest BCUT2D eigenvalue weighted by molar-refractivity contribution is 6.01. The molecular formula is C15H25N3O6.